The molecule has 118 valence electrons. The van der Waals surface area contributed by atoms with Crippen LogP contribution in [0.25, 0.3) is 0 Å². The molecule has 0 radical (unpaired) electrons. The summed E-state index contributed by atoms with van der Waals surface area (Å²) < 4.78 is 5.37. The predicted octanol–water partition coefficient (Wildman–Crippen LogP) is 2.86. The molecule has 0 atom stereocenters. The second-order valence-electron chi connectivity index (χ2n) is 4.74. The lowest BCUT2D eigenvalue weighted by Crippen LogP contribution is -2.18. The molecule has 5 heteroatoms. The van der Waals surface area contributed by atoms with Crippen LogP contribution in [-0.2, 0) is 0 Å². The maximum absolute atomic E-state index is 12.2. The minimum Gasteiger partial charge on any atom is -0.490 e. The molecule has 2 aromatic carbocycles. The van der Waals surface area contributed by atoms with Crippen LogP contribution in [0.15, 0.2) is 61.2 Å². The fraction of sp³-hybridized carbons (Fsp3) is 0.111. The standard InChI is InChI=1S/C18H18N2O3/c1-3-11-23-16-9-7-13(8-10-16)18(22)20-15-6-4-5-14(12-15)17(21)19-2/h3-10,12H,1,11H2,2H3,(H,19,21)(H,20,22). The van der Waals surface area contributed by atoms with Gasteiger partial charge in [-0.2, -0.15) is 0 Å². The highest BCUT2D eigenvalue weighted by molar-refractivity contribution is 6.05. The summed E-state index contributed by atoms with van der Waals surface area (Å²) in [5.41, 5.74) is 1.54. The third-order valence-electron chi connectivity index (χ3n) is 3.09. The smallest absolute Gasteiger partial charge is 0.255 e. The van der Waals surface area contributed by atoms with E-state index < -0.39 is 0 Å². The van der Waals surface area contributed by atoms with E-state index in [-0.39, 0.29) is 11.8 Å². The van der Waals surface area contributed by atoms with Crippen molar-refractivity contribution in [2.45, 2.75) is 0 Å². The average molecular weight is 310 g/mol. The molecule has 0 fully saturated rings. The Balaban J connectivity index is 2.06. The summed E-state index contributed by atoms with van der Waals surface area (Å²) >= 11 is 0. The van der Waals surface area contributed by atoms with Crippen LogP contribution >= 0.6 is 0 Å². The van der Waals surface area contributed by atoms with E-state index in [4.69, 9.17) is 4.74 Å². The molecule has 2 rings (SSSR count). The maximum Gasteiger partial charge on any atom is 0.255 e. The number of benzene rings is 2. The van der Waals surface area contributed by atoms with Gasteiger partial charge in [0.15, 0.2) is 0 Å². The summed E-state index contributed by atoms with van der Waals surface area (Å²) in [4.78, 5) is 23.8. The quantitative estimate of drug-likeness (QED) is 0.806. The van der Waals surface area contributed by atoms with E-state index in [1.165, 1.54) is 0 Å². The Labute approximate surface area is 135 Å². The maximum atomic E-state index is 12.2. The molecule has 0 saturated carbocycles. The molecule has 0 aliphatic heterocycles. The third kappa shape index (κ3) is 4.44. The largest absolute Gasteiger partial charge is 0.490 e. The number of carbonyl (C=O) groups is 2. The minimum absolute atomic E-state index is 0.204. The number of nitrogens with one attached hydrogen (secondary N) is 2. The van der Waals surface area contributed by atoms with Crippen molar-refractivity contribution in [1.29, 1.82) is 0 Å². The predicted molar refractivity (Wildman–Crippen MR) is 89.9 cm³/mol. The summed E-state index contributed by atoms with van der Waals surface area (Å²) in [6.07, 6.45) is 1.65. The van der Waals surface area contributed by atoms with Gasteiger partial charge in [-0.25, -0.2) is 0 Å². The van der Waals surface area contributed by atoms with E-state index >= 15 is 0 Å². The molecule has 0 aliphatic rings. The van der Waals surface area contributed by atoms with Crippen molar-refractivity contribution in [3.8, 4) is 5.75 Å². The lowest BCUT2D eigenvalue weighted by molar-refractivity contribution is 0.0961. The molecule has 0 heterocycles. The number of anilines is 1. The fourth-order valence-electron chi connectivity index (χ4n) is 1.94. The van der Waals surface area contributed by atoms with Crippen LogP contribution in [0.2, 0.25) is 0 Å². The number of hydrogen-bond acceptors (Lipinski definition) is 3. The first-order chi connectivity index (χ1) is 11.1. The Morgan fingerprint density at radius 2 is 1.83 bits per heavy atom. The van der Waals surface area contributed by atoms with Crippen molar-refractivity contribution in [2.24, 2.45) is 0 Å². The van der Waals surface area contributed by atoms with Gasteiger partial charge < -0.3 is 15.4 Å². The summed E-state index contributed by atoms with van der Waals surface area (Å²) in [7, 11) is 1.56. The number of ether oxygens (including phenoxy) is 1. The SMILES string of the molecule is C=CCOc1ccc(C(=O)Nc2cccc(C(=O)NC)c2)cc1. The Morgan fingerprint density at radius 1 is 1.09 bits per heavy atom. The Kier molecular flexibility index (Phi) is 5.52. The third-order valence-corrected chi connectivity index (χ3v) is 3.09. The van der Waals surface area contributed by atoms with Gasteiger partial charge in [0.05, 0.1) is 0 Å². The van der Waals surface area contributed by atoms with Crippen LogP contribution in [0.1, 0.15) is 20.7 Å². The number of amides is 2. The molecule has 0 aromatic heterocycles. The van der Waals surface area contributed by atoms with Crippen LogP contribution in [0, 0.1) is 0 Å². The topological polar surface area (TPSA) is 67.4 Å². The average Bonchev–Trinajstić information content (AvgIpc) is 2.59. The highest BCUT2D eigenvalue weighted by atomic mass is 16.5. The van der Waals surface area contributed by atoms with Crippen molar-refractivity contribution >= 4 is 17.5 Å². The van der Waals surface area contributed by atoms with Crippen molar-refractivity contribution in [1.82, 2.24) is 5.32 Å². The number of carbonyl (C=O) groups excluding carboxylic acids is 2. The lowest BCUT2D eigenvalue weighted by atomic mass is 10.1. The summed E-state index contributed by atoms with van der Waals surface area (Å²) in [6.45, 7) is 3.99. The van der Waals surface area contributed by atoms with Crippen LogP contribution in [0.3, 0.4) is 0 Å². The highest BCUT2D eigenvalue weighted by Crippen LogP contribution is 2.15. The molecule has 2 aromatic rings. The van der Waals surface area contributed by atoms with Gasteiger partial charge in [-0.3, -0.25) is 9.59 Å². The summed E-state index contributed by atoms with van der Waals surface area (Å²) in [5, 5.41) is 5.31. The molecule has 0 unspecified atom stereocenters. The van der Waals surface area contributed by atoms with Crippen molar-refractivity contribution in [3.63, 3.8) is 0 Å². The zero-order valence-corrected chi connectivity index (χ0v) is 12.8. The van der Waals surface area contributed by atoms with Gasteiger partial charge in [0, 0.05) is 23.9 Å². The van der Waals surface area contributed by atoms with Crippen molar-refractivity contribution < 1.29 is 14.3 Å². The fourth-order valence-corrected chi connectivity index (χ4v) is 1.94. The van der Waals surface area contributed by atoms with Crippen LogP contribution < -0.4 is 15.4 Å². The Bertz CT molecular complexity index is 708. The zero-order chi connectivity index (χ0) is 16.7. The van der Waals surface area contributed by atoms with Crippen LogP contribution in [0.5, 0.6) is 5.75 Å². The van der Waals surface area contributed by atoms with Crippen LogP contribution in [0.4, 0.5) is 5.69 Å². The van der Waals surface area contributed by atoms with E-state index in [9.17, 15) is 9.59 Å². The highest BCUT2D eigenvalue weighted by Gasteiger charge is 2.08. The normalized spacial score (nSPS) is 9.78. The lowest BCUT2D eigenvalue weighted by Gasteiger charge is -2.08. The summed E-state index contributed by atoms with van der Waals surface area (Å²) in [5.74, 6) is 0.210. The second-order valence-corrected chi connectivity index (χ2v) is 4.74. The first kappa shape index (κ1) is 16.3. The van der Waals surface area contributed by atoms with Crippen LogP contribution in [-0.4, -0.2) is 25.5 Å². The molecule has 0 bridgehead atoms. The molecule has 0 saturated heterocycles. The molecule has 0 aliphatic carbocycles. The Hall–Kier alpha value is -3.08. The molecular weight excluding hydrogens is 292 g/mol. The Morgan fingerprint density at radius 3 is 2.48 bits per heavy atom. The van der Waals surface area contributed by atoms with Gasteiger partial charge >= 0.3 is 0 Å². The first-order valence-corrected chi connectivity index (χ1v) is 7.11. The van der Waals surface area contributed by atoms with Gasteiger partial charge in [-0.05, 0) is 42.5 Å². The molecule has 23 heavy (non-hydrogen) atoms. The van der Waals surface area contributed by atoms with Gasteiger partial charge in [0.1, 0.15) is 12.4 Å². The number of hydrogen-bond donors (Lipinski definition) is 2. The molecule has 2 amide bonds. The van der Waals surface area contributed by atoms with E-state index in [0.29, 0.717) is 29.2 Å². The molecule has 0 spiro atoms. The van der Waals surface area contributed by atoms with E-state index in [1.807, 2.05) is 0 Å². The van der Waals surface area contributed by atoms with Gasteiger partial charge in [0.25, 0.3) is 11.8 Å². The van der Waals surface area contributed by atoms with Gasteiger partial charge in [-0.1, -0.05) is 18.7 Å². The molecule has 5 nitrogen and oxygen atoms in total. The second kappa shape index (κ2) is 7.79. The van der Waals surface area contributed by atoms with E-state index in [1.54, 1.807) is 61.7 Å². The molecular formula is C18H18N2O3. The van der Waals surface area contributed by atoms with Crippen molar-refractivity contribution in [3.05, 3.63) is 72.3 Å². The first-order valence-electron chi connectivity index (χ1n) is 7.11. The molecule has 2 N–H and O–H groups in total. The minimum atomic E-state index is -0.255. The number of rotatable bonds is 6. The van der Waals surface area contributed by atoms with Crippen molar-refractivity contribution in [2.75, 3.05) is 19.0 Å². The zero-order valence-electron chi connectivity index (χ0n) is 12.8. The van der Waals surface area contributed by atoms with E-state index in [2.05, 4.69) is 17.2 Å². The van der Waals surface area contributed by atoms with Gasteiger partial charge in [0.2, 0.25) is 0 Å². The van der Waals surface area contributed by atoms with E-state index in [0.717, 1.165) is 0 Å². The van der Waals surface area contributed by atoms with Gasteiger partial charge in [-0.15, -0.1) is 0 Å². The monoisotopic (exact) mass is 310 g/mol. The summed E-state index contributed by atoms with van der Waals surface area (Å²) in [6, 6.07) is 13.5.